The van der Waals surface area contributed by atoms with Crippen LogP contribution in [0.15, 0.2) is 29.3 Å². The van der Waals surface area contributed by atoms with E-state index in [0.29, 0.717) is 12.5 Å². The maximum absolute atomic E-state index is 12.0. The maximum atomic E-state index is 12.0. The van der Waals surface area contributed by atoms with E-state index in [1.807, 2.05) is 6.26 Å². The highest BCUT2D eigenvalue weighted by molar-refractivity contribution is 14.0. The van der Waals surface area contributed by atoms with E-state index in [-0.39, 0.29) is 29.7 Å². The number of alkyl halides is 3. The van der Waals surface area contributed by atoms with Crippen LogP contribution in [0.4, 0.5) is 13.2 Å². The highest BCUT2D eigenvalue weighted by atomic mass is 127. The molecule has 0 aromatic heterocycles. The number of ether oxygens (including phenoxy) is 1. The van der Waals surface area contributed by atoms with Crippen molar-refractivity contribution in [3.8, 4) is 5.75 Å². The lowest BCUT2D eigenvalue weighted by molar-refractivity contribution is -0.274. The van der Waals surface area contributed by atoms with E-state index in [4.69, 9.17) is 5.73 Å². The molecule has 0 atom stereocenters. The van der Waals surface area contributed by atoms with Crippen molar-refractivity contribution in [2.45, 2.75) is 19.3 Å². The number of aliphatic imine (C=N–C) groups is 1. The molecule has 0 unspecified atom stereocenters. The van der Waals surface area contributed by atoms with E-state index in [0.717, 1.165) is 24.3 Å². The van der Waals surface area contributed by atoms with Gasteiger partial charge in [-0.3, -0.25) is 0 Å². The minimum absolute atomic E-state index is 0. The second-order valence-corrected chi connectivity index (χ2v) is 5.15. The molecule has 0 radical (unpaired) electrons. The predicted molar refractivity (Wildman–Crippen MR) is 94.9 cm³/mol. The smallest absolute Gasteiger partial charge is 0.406 e. The molecule has 1 rings (SSSR count). The highest BCUT2D eigenvalue weighted by Gasteiger charge is 2.30. The number of hydrogen-bond donors (Lipinski definition) is 2. The van der Waals surface area contributed by atoms with E-state index in [1.165, 1.54) is 24.3 Å². The summed E-state index contributed by atoms with van der Waals surface area (Å²) in [6.07, 6.45) is -1.66. The molecular formula is C13H19F3IN3OS. The first-order chi connectivity index (χ1) is 9.90. The normalized spacial score (nSPS) is 11.7. The third-order valence-corrected chi connectivity index (χ3v) is 3.12. The Kier molecular flexibility index (Phi) is 10.4. The SMILES string of the molecule is CSCCCNC(N)=NCc1ccc(OC(F)(F)F)cc1.I. The summed E-state index contributed by atoms with van der Waals surface area (Å²) in [5, 5.41) is 2.97. The Hall–Kier alpha value is -0.840. The Morgan fingerprint density at radius 3 is 2.50 bits per heavy atom. The average Bonchev–Trinajstić information content (AvgIpc) is 2.41. The van der Waals surface area contributed by atoms with Crippen LogP contribution in [0.3, 0.4) is 0 Å². The number of benzene rings is 1. The Morgan fingerprint density at radius 2 is 1.95 bits per heavy atom. The van der Waals surface area contributed by atoms with E-state index >= 15 is 0 Å². The predicted octanol–water partition coefficient (Wildman–Crippen LogP) is 3.36. The summed E-state index contributed by atoms with van der Waals surface area (Å²) in [7, 11) is 0. The topological polar surface area (TPSA) is 59.6 Å². The molecule has 4 nitrogen and oxygen atoms in total. The highest BCUT2D eigenvalue weighted by Crippen LogP contribution is 2.22. The minimum Gasteiger partial charge on any atom is -0.406 e. The van der Waals surface area contributed by atoms with Crippen LogP contribution >= 0.6 is 35.7 Å². The molecule has 0 heterocycles. The molecule has 0 saturated heterocycles. The van der Waals surface area contributed by atoms with Crippen LogP contribution in [0.2, 0.25) is 0 Å². The van der Waals surface area contributed by atoms with Crippen molar-refractivity contribution in [3.05, 3.63) is 29.8 Å². The first-order valence-corrected chi connectivity index (χ1v) is 7.67. The van der Waals surface area contributed by atoms with Gasteiger partial charge in [0, 0.05) is 6.54 Å². The van der Waals surface area contributed by atoms with Gasteiger partial charge in [-0.05, 0) is 36.1 Å². The van der Waals surface area contributed by atoms with Gasteiger partial charge in [0.15, 0.2) is 5.96 Å². The van der Waals surface area contributed by atoms with Crippen molar-refractivity contribution in [2.24, 2.45) is 10.7 Å². The van der Waals surface area contributed by atoms with Gasteiger partial charge < -0.3 is 15.8 Å². The van der Waals surface area contributed by atoms with Gasteiger partial charge in [0.1, 0.15) is 5.75 Å². The van der Waals surface area contributed by atoms with Crippen LogP contribution in [0.5, 0.6) is 5.75 Å². The molecule has 126 valence electrons. The fraction of sp³-hybridized carbons (Fsp3) is 0.462. The van der Waals surface area contributed by atoms with E-state index in [2.05, 4.69) is 15.0 Å². The fourth-order valence-corrected chi connectivity index (χ4v) is 1.89. The Morgan fingerprint density at radius 1 is 1.32 bits per heavy atom. The van der Waals surface area contributed by atoms with E-state index in [9.17, 15) is 13.2 Å². The van der Waals surface area contributed by atoms with Crippen LogP contribution in [0.1, 0.15) is 12.0 Å². The number of nitrogens with zero attached hydrogens (tertiary/aromatic N) is 1. The lowest BCUT2D eigenvalue weighted by Crippen LogP contribution is -2.32. The molecule has 0 aliphatic carbocycles. The Balaban J connectivity index is 0.00000441. The van der Waals surface area contributed by atoms with Crippen molar-refractivity contribution in [1.29, 1.82) is 0 Å². The summed E-state index contributed by atoms with van der Waals surface area (Å²) >= 11 is 1.76. The second kappa shape index (κ2) is 10.8. The Bertz CT molecular complexity index is 455. The van der Waals surface area contributed by atoms with Crippen LogP contribution in [-0.2, 0) is 6.54 Å². The lowest BCUT2D eigenvalue weighted by Gasteiger charge is -2.09. The van der Waals surface area contributed by atoms with Crippen molar-refractivity contribution in [1.82, 2.24) is 5.32 Å². The quantitative estimate of drug-likeness (QED) is 0.290. The van der Waals surface area contributed by atoms with Crippen molar-refractivity contribution >= 4 is 41.7 Å². The Labute approximate surface area is 149 Å². The van der Waals surface area contributed by atoms with Gasteiger partial charge in [0.25, 0.3) is 0 Å². The number of rotatable bonds is 7. The number of nitrogens with two attached hydrogens (primary N) is 1. The van der Waals surface area contributed by atoms with E-state index < -0.39 is 6.36 Å². The summed E-state index contributed by atoms with van der Waals surface area (Å²) in [6, 6.07) is 5.54. The molecule has 9 heteroatoms. The monoisotopic (exact) mass is 449 g/mol. The van der Waals surface area contributed by atoms with Gasteiger partial charge in [-0.1, -0.05) is 12.1 Å². The molecule has 0 fully saturated rings. The van der Waals surface area contributed by atoms with Crippen LogP contribution in [0.25, 0.3) is 0 Å². The zero-order valence-corrected chi connectivity index (χ0v) is 15.2. The molecule has 0 saturated carbocycles. The van der Waals surface area contributed by atoms with Gasteiger partial charge in [-0.2, -0.15) is 11.8 Å². The minimum atomic E-state index is -4.68. The molecule has 0 aliphatic rings. The molecule has 0 aliphatic heterocycles. The first-order valence-electron chi connectivity index (χ1n) is 6.28. The molecule has 0 spiro atoms. The van der Waals surface area contributed by atoms with Crippen molar-refractivity contribution in [3.63, 3.8) is 0 Å². The zero-order chi connectivity index (χ0) is 15.7. The lowest BCUT2D eigenvalue weighted by atomic mass is 10.2. The first kappa shape index (κ1) is 21.2. The second-order valence-electron chi connectivity index (χ2n) is 4.17. The summed E-state index contributed by atoms with van der Waals surface area (Å²) in [5.41, 5.74) is 6.42. The largest absolute Gasteiger partial charge is 0.573 e. The number of halogens is 4. The van der Waals surface area contributed by atoms with Crippen molar-refractivity contribution < 1.29 is 17.9 Å². The average molecular weight is 449 g/mol. The van der Waals surface area contributed by atoms with Gasteiger partial charge in [0.05, 0.1) is 6.54 Å². The van der Waals surface area contributed by atoms with Crippen LogP contribution in [-0.4, -0.2) is 30.9 Å². The van der Waals surface area contributed by atoms with E-state index in [1.54, 1.807) is 11.8 Å². The molecule has 3 N–H and O–H groups in total. The van der Waals surface area contributed by atoms with Gasteiger partial charge >= 0.3 is 6.36 Å². The summed E-state index contributed by atoms with van der Waals surface area (Å²) in [4.78, 5) is 4.11. The third kappa shape index (κ3) is 9.98. The molecule has 22 heavy (non-hydrogen) atoms. The summed E-state index contributed by atoms with van der Waals surface area (Å²) in [6.45, 7) is 1.04. The number of nitrogens with one attached hydrogen (secondary N) is 1. The van der Waals surface area contributed by atoms with Crippen molar-refractivity contribution in [2.75, 3.05) is 18.6 Å². The molecule has 1 aromatic rings. The molecular weight excluding hydrogens is 430 g/mol. The number of hydrogen-bond acceptors (Lipinski definition) is 3. The standard InChI is InChI=1S/C13H18F3N3OS.HI/c1-21-8-2-7-18-12(17)19-9-10-3-5-11(6-4-10)20-13(14,15)16;/h3-6H,2,7-9H2,1H3,(H3,17,18,19);1H. The van der Waals surface area contributed by atoms with Crippen LogP contribution < -0.4 is 15.8 Å². The van der Waals surface area contributed by atoms with Gasteiger partial charge in [-0.15, -0.1) is 37.1 Å². The molecule has 0 bridgehead atoms. The summed E-state index contributed by atoms with van der Waals surface area (Å²) in [5.74, 6) is 1.12. The van der Waals surface area contributed by atoms with Gasteiger partial charge in [-0.25, -0.2) is 4.99 Å². The zero-order valence-electron chi connectivity index (χ0n) is 12.0. The number of thioether (sulfide) groups is 1. The fourth-order valence-electron chi connectivity index (χ4n) is 1.46. The maximum Gasteiger partial charge on any atom is 0.573 e. The van der Waals surface area contributed by atoms with Gasteiger partial charge in [0.2, 0.25) is 0 Å². The molecule has 1 aromatic carbocycles. The summed E-state index contributed by atoms with van der Waals surface area (Å²) < 4.78 is 39.8. The van der Waals surface area contributed by atoms with Crippen LogP contribution in [0, 0.1) is 0 Å². The number of guanidine groups is 1. The molecule has 0 amide bonds. The third-order valence-electron chi connectivity index (χ3n) is 2.42.